The molecule has 4 heteroatoms. The molecule has 0 aromatic heterocycles. The molecule has 4 rings (SSSR count). The van der Waals surface area contributed by atoms with Crippen LogP contribution in [0.2, 0.25) is 0 Å². The zero-order chi connectivity index (χ0) is 18.5. The van der Waals surface area contributed by atoms with Crippen molar-refractivity contribution in [3.63, 3.8) is 0 Å². The van der Waals surface area contributed by atoms with Crippen LogP contribution in [-0.2, 0) is 22.6 Å². The van der Waals surface area contributed by atoms with Crippen molar-refractivity contribution in [2.24, 2.45) is 0 Å². The molecule has 1 atom stereocenters. The van der Waals surface area contributed by atoms with Gasteiger partial charge in [0.05, 0.1) is 32.0 Å². The summed E-state index contributed by atoms with van der Waals surface area (Å²) in [5.74, 6) is 0.914. The van der Waals surface area contributed by atoms with E-state index in [1.54, 1.807) is 7.11 Å². The number of methoxy groups -OCH3 is 1. The minimum absolute atomic E-state index is 0.0256. The van der Waals surface area contributed by atoms with E-state index >= 15 is 0 Å². The first-order valence-corrected chi connectivity index (χ1v) is 9.89. The fraction of sp³-hybridized carbons (Fsp3) is 0.478. The summed E-state index contributed by atoms with van der Waals surface area (Å²) in [4.78, 5) is 2.52. The molecular formula is C23H29NO3. The Morgan fingerprint density at radius 1 is 1.00 bits per heavy atom. The van der Waals surface area contributed by atoms with Crippen LogP contribution in [0.3, 0.4) is 0 Å². The second-order valence-corrected chi connectivity index (χ2v) is 7.74. The van der Waals surface area contributed by atoms with Gasteiger partial charge in [-0.15, -0.1) is 0 Å². The number of piperidine rings is 1. The molecule has 2 aliphatic rings. The number of ether oxygens (including phenoxy) is 3. The third kappa shape index (κ3) is 4.70. The highest BCUT2D eigenvalue weighted by Crippen LogP contribution is 2.37. The van der Waals surface area contributed by atoms with Crippen molar-refractivity contribution in [2.75, 3.05) is 26.8 Å². The molecule has 2 aromatic carbocycles. The van der Waals surface area contributed by atoms with Crippen LogP contribution in [0.5, 0.6) is 5.75 Å². The summed E-state index contributed by atoms with van der Waals surface area (Å²) >= 11 is 0. The Morgan fingerprint density at radius 2 is 1.74 bits per heavy atom. The van der Waals surface area contributed by atoms with Crippen molar-refractivity contribution < 1.29 is 14.2 Å². The highest BCUT2D eigenvalue weighted by molar-refractivity contribution is 5.27. The SMILES string of the molecule is COc1ccc(CN2CCC3(CC2)CC(OCc2ccccc2)CO3)cc1. The molecule has 2 aliphatic heterocycles. The number of likely N-dealkylation sites (tertiary alicyclic amines) is 1. The molecular weight excluding hydrogens is 338 g/mol. The zero-order valence-corrected chi connectivity index (χ0v) is 16.1. The van der Waals surface area contributed by atoms with Crippen molar-refractivity contribution in [3.05, 3.63) is 65.7 Å². The minimum atomic E-state index is 0.0256. The molecule has 2 heterocycles. The molecule has 0 saturated carbocycles. The smallest absolute Gasteiger partial charge is 0.118 e. The first-order valence-electron chi connectivity index (χ1n) is 9.89. The van der Waals surface area contributed by atoms with Crippen LogP contribution in [0.1, 0.15) is 30.4 Å². The maximum absolute atomic E-state index is 6.24. The van der Waals surface area contributed by atoms with Gasteiger partial charge in [0, 0.05) is 26.1 Å². The Bertz CT molecular complexity index is 708. The van der Waals surface area contributed by atoms with Crippen LogP contribution in [0, 0.1) is 0 Å². The van der Waals surface area contributed by atoms with E-state index in [9.17, 15) is 0 Å². The summed E-state index contributed by atoms with van der Waals surface area (Å²) < 4.78 is 17.6. The van der Waals surface area contributed by atoms with Gasteiger partial charge in [-0.3, -0.25) is 4.90 Å². The molecule has 2 saturated heterocycles. The molecule has 4 nitrogen and oxygen atoms in total. The van der Waals surface area contributed by atoms with Crippen molar-refractivity contribution >= 4 is 0 Å². The highest BCUT2D eigenvalue weighted by atomic mass is 16.6. The monoisotopic (exact) mass is 367 g/mol. The quantitative estimate of drug-likeness (QED) is 0.771. The Hall–Kier alpha value is -1.88. The largest absolute Gasteiger partial charge is 0.497 e. The molecule has 1 unspecified atom stereocenters. The van der Waals surface area contributed by atoms with Gasteiger partial charge in [-0.2, -0.15) is 0 Å². The lowest BCUT2D eigenvalue weighted by Gasteiger charge is -2.38. The van der Waals surface area contributed by atoms with Gasteiger partial charge in [0.2, 0.25) is 0 Å². The van der Waals surface area contributed by atoms with Gasteiger partial charge in [-0.25, -0.2) is 0 Å². The van der Waals surface area contributed by atoms with Crippen LogP contribution < -0.4 is 4.74 Å². The number of hydrogen-bond acceptors (Lipinski definition) is 4. The maximum Gasteiger partial charge on any atom is 0.118 e. The van der Waals surface area contributed by atoms with Crippen molar-refractivity contribution in [1.29, 1.82) is 0 Å². The van der Waals surface area contributed by atoms with Crippen molar-refractivity contribution in [1.82, 2.24) is 4.90 Å². The van der Waals surface area contributed by atoms with Crippen LogP contribution in [0.15, 0.2) is 54.6 Å². The molecule has 0 aliphatic carbocycles. The lowest BCUT2D eigenvalue weighted by atomic mass is 9.88. The van der Waals surface area contributed by atoms with Gasteiger partial charge in [0.1, 0.15) is 5.75 Å². The summed E-state index contributed by atoms with van der Waals surface area (Å²) in [7, 11) is 1.71. The molecule has 0 radical (unpaired) electrons. The topological polar surface area (TPSA) is 30.9 Å². The van der Waals surface area contributed by atoms with Gasteiger partial charge in [-0.05, 0) is 36.1 Å². The van der Waals surface area contributed by atoms with E-state index in [0.29, 0.717) is 6.61 Å². The average Bonchev–Trinajstić information content (AvgIpc) is 3.12. The highest BCUT2D eigenvalue weighted by Gasteiger charge is 2.43. The van der Waals surface area contributed by atoms with Crippen molar-refractivity contribution in [2.45, 2.75) is 44.1 Å². The average molecular weight is 367 g/mol. The normalized spacial score (nSPS) is 22.2. The van der Waals surface area contributed by atoms with Gasteiger partial charge in [0.15, 0.2) is 0 Å². The predicted octanol–water partition coefficient (Wildman–Crippen LogP) is 4.04. The lowest BCUT2D eigenvalue weighted by Crippen LogP contribution is -2.43. The van der Waals surface area contributed by atoms with E-state index in [-0.39, 0.29) is 11.7 Å². The molecule has 2 aromatic rings. The van der Waals surface area contributed by atoms with Gasteiger partial charge < -0.3 is 14.2 Å². The van der Waals surface area contributed by atoms with Crippen LogP contribution in [0.4, 0.5) is 0 Å². The Balaban J connectivity index is 1.23. The molecule has 0 N–H and O–H groups in total. The summed E-state index contributed by atoms with van der Waals surface area (Å²) in [6.45, 7) is 4.56. The molecule has 1 spiro atoms. The Labute approximate surface area is 162 Å². The van der Waals surface area contributed by atoms with Crippen LogP contribution in [-0.4, -0.2) is 43.4 Å². The van der Waals surface area contributed by atoms with E-state index in [1.807, 2.05) is 18.2 Å². The number of benzene rings is 2. The van der Waals surface area contributed by atoms with Crippen LogP contribution >= 0.6 is 0 Å². The first kappa shape index (κ1) is 18.5. The summed E-state index contributed by atoms with van der Waals surface area (Å²) in [5.41, 5.74) is 2.59. The molecule has 27 heavy (non-hydrogen) atoms. The number of hydrogen-bond donors (Lipinski definition) is 0. The predicted molar refractivity (Wildman–Crippen MR) is 106 cm³/mol. The molecule has 0 bridgehead atoms. The van der Waals surface area contributed by atoms with Crippen LogP contribution in [0.25, 0.3) is 0 Å². The fourth-order valence-corrected chi connectivity index (χ4v) is 4.15. The van der Waals surface area contributed by atoms with Gasteiger partial charge in [-0.1, -0.05) is 42.5 Å². The fourth-order valence-electron chi connectivity index (χ4n) is 4.15. The Morgan fingerprint density at radius 3 is 2.44 bits per heavy atom. The maximum atomic E-state index is 6.24. The lowest BCUT2D eigenvalue weighted by molar-refractivity contribution is -0.0468. The van der Waals surface area contributed by atoms with Gasteiger partial charge >= 0.3 is 0 Å². The summed E-state index contributed by atoms with van der Waals surface area (Å²) in [6, 6.07) is 18.8. The van der Waals surface area contributed by atoms with Crippen molar-refractivity contribution in [3.8, 4) is 5.75 Å². The second-order valence-electron chi connectivity index (χ2n) is 7.74. The van der Waals surface area contributed by atoms with E-state index < -0.39 is 0 Å². The number of nitrogens with zero attached hydrogens (tertiary/aromatic N) is 1. The van der Waals surface area contributed by atoms with E-state index in [4.69, 9.17) is 14.2 Å². The van der Waals surface area contributed by atoms with E-state index in [2.05, 4.69) is 41.3 Å². The standard InChI is InChI=1S/C23H29NO3/c1-25-21-9-7-19(8-10-21)16-24-13-11-23(12-14-24)15-22(18-27-23)26-17-20-5-3-2-4-6-20/h2-10,22H,11-18H2,1H3. The third-order valence-electron chi connectivity index (χ3n) is 5.84. The van der Waals surface area contributed by atoms with E-state index in [1.165, 1.54) is 11.1 Å². The Kier molecular flexibility index (Phi) is 5.77. The first-order chi connectivity index (χ1) is 13.2. The minimum Gasteiger partial charge on any atom is -0.497 e. The van der Waals surface area contributed by atoms with Gasteiger partial charge in [0.25, 0.3) is 0 Å². The molecule has 2 fully saturated rings. The molecule has 0 amide bonds. The number of rotatable bonds is 6. The zero-order valence-electron chi connectivity index (χ0n) is 16.1. The summed E-state index contributed by atoms with van der Waals surface area (Å²) in [6.07, 6.45) is 3.43. The second kappa shape index (κ2) is 8.42. The summed E-state index contributed by atoms with van der Waals surface area (Å²) in [5, 5.41) is 0. The molecule has 144 valence electrons. The van der Waals surface area contributed by atoms with E-state index in [0.717, 1.165) is 51.3 Å². The third-order valence-corrected chi connectivity index (χ3v) is 5.84.